The van der Waals surface area contributed by atoms with Gasteiger partial charge in [0.05, 0.1) is 22.7 Å². The van der Waals surface area contributed by atoms with Gasteiger partial charge in [-0.2, -0.15) is 0 Å². The Morgan fingerprint density at radius 3 is 2.84 bits per heavy atom. The molecule has 0 N–H and O–H groups in total. The zero-order valence-electron chi connectivity index (χ0n) is 10.7. The van der Waals surface area contributed by atoms with Crippen LogP contribution in [0.4, 0.5) is 0 Å². The minimum absolute atomic E-state index is 0.102. The molecule has 5 heteroatoms. The number of aryl methyl sites for hydroxylation is 2. The van der Waals surface area contributed by atoms with E-state index in [4.69, 9.17) is 11.6 Å². The number of benzene rings is 1. The molecule has 0 aliphatic heterocycles. The van der Waals surface area contributed by atoms with Crippen molar-refractivity contribution in [3.63, 3.8) is 0 Å². The standard InChI is InChI=1S/C14H15ClN4/c1-11(15)14-17-12-4-2-3-5-13(12)19(14)9-8-18-7-6-16-10-18/h2-7,10-11H,8-9H2,1H3. The quantitative estimate of drug-likeness (QED) is 0.685. The van der Waals surface area contributed by atoms with Gasteiger partial charge in [-0.25, -0.2) is 9.97 Å². The van der Waals surface area contributed by atoms with Gasteiger partial charge in [-0.3, -0.25) is 0 Å². The summed E-state index contributed by atoms with van der Waals surface area (Å²) in [5.41, 5.74) is 2.13. The number of fused-ring (bicyclic) bond motifs is 1. The van der Waals surface area contributed by atoms with Crippen molar-refractivity contribution in [1.29, 1.82) is 0 Å². The number of alkyl halides is 1. The Bertz CT molecular complexity index is 670. The molecule has 0 fully saturated rings. The van der Waals surface area contributed by atoms with Crippen LogP contribution in [0.3, 0.4) is 0 Å². The zero-order valence-corrected chi connectivity index (χ0v) is 11.5. The zero-order chi connectivity index (χ0) is 13.2. The van der Waals surface area contributed by atoms with E-state index in [0.29, 0.717) is 0 Å². The number of imidazole rings is 2. The van der Waals surface area contributed by atoms with Crippen molar-refractivity contribution in [2.75, 3.05) is 0 Å². The first kappa shape index (κ1) is 12.2. The predicted octanol–water partition coefficient (Wildman–Crippen LogP) is 3.23. The van der Waals surface area contributed by atoms with Gasteiger partial charge in [0.2, 0.25) is 0 Å². The summed E-state index contributed by atoms with van der Waals surface area (Å²) < 4.78 is 4.24. The number of halogens is 1. The van der Waals surface area contributed by atoms with Crippen LogP contribution in [0.5, 0.6) is 0 Å². The van der Waals surface area contributed by atoms with Crippen LogP contribution in [0.2, 0.25) is 0 Å². The van der Waals surface area contributed by atoms with E-state index in [1.54, 1.807) is 6.20 Å². The molecule has 2 heterocycles. The average molecular weight is 275 g/mol. The summed E-state index contributed by atoms with van der Waals surface area (Å²) in [6.07, 6.45) is 5.57. The summed E-state index contributed by atoms with van der Waals surface area (Å²) in [6, 6.07) is 8.13. The Morgan fingerprint density at radius 1 is 1.26 bits per heavy atom. The molecule has 0 amide bonds. The Labute approximate surface area is 116 Å². The molecular weight excluding hydrogens is 260 g/mol. The van der Waals surface area contributed by atoms with Crippen molar-refractivity contribution in [1.82, 2.24) is 19.1 Å². The van der Waals surface area contributed by atoms with Gasteiger partial charge >= 0.3 is 0 Å². The van der Waals surface area contributed by atoms with Gasteiger partial charge in [-0.1, -0.05) is 12.1 Å². The molecule has 4 nitrogen and oxygen atoms in total. The highest BCUT2D eigenvalue weighted by Crippen LogP contribution is 2.24. The van der Waals surface area contributed by atoms with Crippen molar-refractivity contribution < 1.29 is 0 Å². The first-order valence-corrected chi connectivity index (χ1v) is 6.74. The van der Waals surface area contributed by atoms with Crippen molar-refractivity contribution in [3.8, 4) is 0 Å². The summed E-state index contributed by atoms with van der Waals surface area (Å²) in [7, 11) is 0. The van der Waals surface area contributed by atoms with Crippen LogP contribution in [-0.2, 0) is 13.1 Å². The minimum Gasteiger partial charge on any atom is -0.336 e. The molecule has 0 spiro atoms. The largest absolute Gasteiger partial charge is 0.336 e. The first-order valence-electron chi connectivity index (χ1n) is 6.30. The first-order chi connectivity index (χ1) is 9.25. The summed E-state index contributed by atoms with van der Waals surface area (Å²) >= 11 is 6.24. The van der Waals surface area contributed by atoms with E-state index in [9.17, 15) is 0 Å². The fourth-order valence-corrected chi connectivity index (χ4v) is 2.43. The molecule has 0 aliphatic rings. The van der Waals surface area contributed by atoms with E-state index in [1.807, 2.05) is 37.6 Å². The highest BCUT2D eigenvalue weighted by atomic mass is 35.5. The van der Waals surface area contributed by atoms with Gasteiger partial charge in [0, 0.05) is 25.5 Å². The lowest BCUT2D eigenvalue weighted by molar-refractivity contribution is 0.569. The normalized spacial score (nSPS) is 12.9. The molecule has 0 saturated carbocycles. The van der Waals surface area contributed by atoms with Gasteiger partial charge in [0.1, 0.15) is 5.82 Å². The maximum absolute atomic E-state index is 6.24. The second kappa shape index (κ2) is 5.05. The van der Waals surface area contributed by atoms with E-state index >= 15 is 0 Å². The number of nitrogens with zero attached hydrogens (tertiary/aromatic N) is 4. The second-order valence-corrected chi connectivity index (χ2v) is 5.18. The van der Waals surface area contributed by atoms with E-state index in [2.05, 4.69) is 25.2 Å². The topological polar surface area (TPSA) is 35.6 Å². The molecule has 0 radical (unpaired) electrons. The number of hydrogen-bond donors (Lipinski definition) is 0. The molecule has 0 bridgehead atoms. The Morgan fingerprint density at radius 2 is 2.11 bits per heavy atom. The fraction of sp³-hybridized carbons (Fsp3) is 0.286. The SMILES string of the molecule is CC(Cl)c1nc2ccccc2n1CCn1ccnc1. The lowest BCUT2D eigenvalue weighted by Crippen LogP contribution is -2.09. The molecule has 2 aromatic heterocycles. The van der Waals surface area contributed by atoms with E-state index in [0.717, 1.165) is 29.9 Å². The highest BCUT2D eigenvalue weighted by Gasteiger charge is 2.14. The predicted molar refractivity (Wildman–Crippen MR) is 76.2 cm³/mol. The maximum Gasteiger partial charge on any atom is 0.127 e. The van der Waals surface area contributed by atoms with Gasteiger partial charge < -0.3 is 9.13 Å². The van der Waals surface area contributed by atoms with Crippen LogP contribution in [-0.4, -0.2) is 19.1 Å². The van der Waals surface area contributed by atoms with Crippen LogP contribution < -0.4 is 0 Å². The van der Waals surface area contributed by atoms with Gasteiger partial charge in [-0.15, -0.1) is 11.6 Å². The molecule has 0 saturated heterocycles. The summed E-state index contributed by atoms with van der Waals surface area (Å²) in [5.74, 6) is 0.919. The van der Waals surface area contributed by atoms with Crippen LogP contribution >= 0.6 is 11.6 Å². The second-order valence-electron chi connectivity index (χ2n) is 4.53. The Kier molecular flexibility index (Phi) is 3.25. The number of aromatic nitrogens is 4. The number of rotatable bonds is 4. The van der Waals surface area contributed by atoms with E-state index < -0.39 is 0 Å². The smallest absolute Gasteiger partial charge is 0.127 e. The molecule has 1 unspecified atom stereocenters. The van der Waals surface area contributed by atoms with Gasteiger partial charge in [0.15, 0.2) is 0 Å². The molecule has 0 aliphatic carbocycles. The fourth-order valence-electron chi connectivity index (χ4n) is 2.27. The summed E-state index contributed by atoms with van der Waals surface area (Å²) in [5, 5.41) is -0.102. The average Bonchev–Trinajstić information content (AvgIpc) is 3.03. The van der Waals surface area contributed by atoms with Crippen LogP contribution in [0.25, 0.3) is 11.0 Å². The van der Waals surface area contributed by atoms with Crippen LogP contribution in [0.15, 0.2) is 43.0 Å². The minimum atomic E-state index is -0.102. The molecular formula is C14H15ClN4. The summed E-state index contributed by atoms with van der Waals surface area (Å²) in [4.78, 5) is 8.67. The van der Waals surface area contributed by atoms with Gasteiger partial charge in [0.25, 0.3) is 0 Å². The van der Waals surface area contributed by atoms with E-state index in [-0.39, 0.29) is 5.38 Å². The van der Waals surface area contributed by atoms with Crippen molar-refractivity contribution >= 4 is 22.6 Å². The molecule has 3 aromatic rings. The lowest BCUT2D eigenvalue weighted by atomic mass is 10.3. The van der Waals surface area contributed by atoms with Crippen LogP contribution in [0, 0.1) is 0 Å². The van der Waals surface area contributed by atoms with E-state index in [1.165, 1.54) is 0 Å². The molecule has 1 atom stereocenters. The van der Waals surface area contributed by atoms with Gasteiger partial charge in [-0.05, 0) is 19.1 Å². The van der Waals surface area contributed by atoms with Crippen LogP contribution in [0.1, 0.15) is 18.1 Å². The van der Waals surface area contributed by atoms with Crippen molar-refractivity contribution in [3.05, 3.63) is 48.8 Å². The third kappa shape index (κ3) is 2.36. The number of hydrogen-bond acceptors (Lipinski definition) is 2. The summed E-state index contributed by atoms with van der Waals surface area (Å²) in [6.45, 7) is 3.65. The molecule has 3 rings (SSSR count). The third-order valence-electron chi connectivity index (χ3n) is 3.18. The van der Waals surface area contributed by atoms with Crippen molar-refractivity contribution in [2.24, 2.45) is 0 Å². The lowest BCUT2D eigenvalue weighted by Gasteiger charge is -2.10. The Balaban J connectivity index is 1.97. The number of para-hydroxylation sites is 2. The molecule has 1 aromatic carbocycles. The third-order valence-corrected chi connectivity index (χ3v) is 3.38. The Hall–Kier alpha value is -1.81. The molecule has 19 heavy (non-hydrogen) atoms. The highest BCUT2D eigenvalue weighted by molar-refractivity contribution is 6.20. The monoisotopic (exact) mass is 274 g/mol. The maximum atomic E-state index is 6.24. The molecule has 98 valence electrons. The van der Waals surface area contributed by atoms with Crippen molar-refractivity contribution in [2.45, 2.75) is 25.4 Å².